The van der Waals surface area contributed by atoms with Gasteiger partial charge in [0.05, 0.1) is 5.92 Å². The van der Waals surface area contributed by atoms with Crippen LogP contribution in [0.5, 0.6) is 0 Å². The van der Waals surface area contributed by atoms with E-state index in [4.69, 9.17) is 0 Å². The molecule has 1 aromatic carbocycles. The number of carbonyl (C=O) groups is 1. The first-order valence-electron chi connectivity index (χ1n) is 7.51. The Morgan fingerprint density at radius 3 is 2.75 bits per heavy atom. The Hall–Kier alpha value is -1.38. The third-order valence-electron chi connectivity index (χ3n) is 4.60. The summed E-state index contributed by atoms with van der Waals surface area (Å²) in [6.07, 6.45) is 4.95. The summed E-state index contributed by atoms with van der Waals surface area (Å²) in [6.45, 7) is 4.04. The van der Waals surface area contributed by atoms with Crippen LogP contribution in [0.4, 0.5) is 4.39 Å². The highest BCUT2D eigenvalue weighted by Gasteiger charge is 2.36. The van der Waals surface area contributed by atoms with Crippen LogP contribution in [0.1, 0.15) is 56.1 Å². The molecule has 0 spiro atoms. The molecular formula is C17H23FO2. The number of hydrogen-bond donors (Lipinski definition) is 1. The first-order valence-corrected chi connectivity index (χ1v) is 7.51. The number of hydrogen-bond acceptors (Lipinski definition) is 1. The van der Waals surface area contributed by atoms with E-state index in [1.165, 1.54) is 12.1 Å². The predicted molar refractivity (Wildman–Crippen MR) is 77.3 cm³/mol. The van der Waals surface area contributed by atoms with Crippen molar-refractivity contribution in [3.63, 3.8) is 0 Å². The van der Waals surface area contributed by atoms with Gasteiger partial charge < -0.3 is 5.11 Å². The molecule has 2 nitrogen and oxygen atoms in total. The van der Waals surface area contributed by atoms with Crippen LogP contribution >= 0.6 is 0 Å². The van der Waals surface area contributed by atoms with Crippen LogP contribution in [-0.4, -0.2) is 11.1 Å². The molecule has 0 radical (unpaired) electrons. The zero-order valence-electron chi connectivity index (χ0n) is 12.2. The zero-order valence-corrected chi connectivity index (χ0v) is 12.2. The molecule has 0 heterocycles. The predicted octanol–water partition coefficient (Wildman–Crippen LogP) is 4.52. The van der Waals surface area contributed by atoms with Gasteiger partial charge in [0.25, 0.3) is 0 Å². The second-order valence-electron chi connectivity index (χ2n) is 6.02. The summed E-state index contributed by atoms with van der Waals surface area (Å²) >= 11 is 0. The lowest BCUT2D eigenvalue weighted by molar-refractivity contribution is -0.143. The van der Waals surface area contributed by atoms with E-state index in [1.807, 2.05) is 6.92 Å². The monoisotopic (exact) mass is 278 g/mol. The second kappa shape index (κ2) is 6.38. The first-order chi connectivity index (χ1) is 9.52. The number of carboxylic acids is 1. The van der Waals surface area contributed by atoms with Gasteiger partial charge in [-0.25, -0.2) is 4.39 Å². The number of benzene rings is 1. The lowest BCUT2D eigenvalue weighted by Gasteiger charge is -2.35. The molecule has 0 bridgehead atoms. The van der Waals surface area contributed by atoms with Gasteiger partial charge in [-0.3, -0.25) is 4.79 Å². The van der Waals surface area contributed by atoms with Crippen LogP contribution in [0.15, 0.2) is 18.2 Å². The maximum Gasteiger partial charge on any atom is 0.307 e. The van der Waals surface area contributed by atoms with E-state index in [-0.39, 0.29) is 17.7 Å². The summed E-state index contributed by atoms with van der Waals surface area (Å²) < 4.78 is 13.3. The Balaban J connectivity index is 2.28. The summed E-state index contributed by atoms with van der Waals surface area (Å²) in [7, 11) is 0. The maximum absolute atomic E-state index is 13.3. The topological polar surface area (TPSA) is 37.3 Å². The highest BCUT2D eigenvalue weighted by molar-refractivity contribution is 5.71. The molecule has 1 fully saturated rings. The molecular weight excluding hydrogens is 255 g/mol. The Bertz CT molecular complexity index is 484. The summed E-state index contributed by atoms with van der Waals surface area (Å²) in [5.74, 6) is -0.663. The lowest BCUT2D eigenvalue weighted by atomic mass is 9.69. The van der Waals surface area contributed by atoms with Gasteiger partial charge in [0.2, 0.25) is 0 Å². The van der Waals surface area contributed by atoms with Gasteiger partial charge >= 0.3 is 5.97 Å². The molecule has 0 amide bonds. The second-order valence-corrected chi connectivity index (χ2v) is 6.02. The Morgan fingerprint density at radius 1 is 1.40 bits per heavy atom. The number of carboxylic acid groups (broad SMARTS) is 1. The standard InChI is InChI=1S/C17H23FO2/c1-3-4-12-5-7-15(17(19)20)16(10-12)14-8-6-13(18)9-11(14)2/h6,8-9,12,15-16H,3-5,7,10H2,1-2H3,(H,19,20). The van der Waals surface area contributed by atoms with Crippen LogP contribution in [0.2, 0.25) is 0 Å². The number of rotatable bonds is 4. The number of aliphatic carboxylic acids is 1. The molecule has 1 aliphatic rings. The molecule has 20 heavy (non-hydrogen) atoms. The Labute approximate surface area is 120 Å². The molecule has 1 saturated carbocycles. The normalized spacial score (nSPS) is 26.4. The maximum atomic E-state index is 13.3. The van der Waals surface area contributed by atoms with Crippen molar-refractivity contribution in [2.24, 2.45) is 11.8 Å². The molecule has 0 saturated heterocycles. The summed E-state index contributed by atoms with van der Waals surface area (Å²) in [6, 6.07) is 4.74. The molecule has 3 heteroatoms. The van der Waals surface area contributed by atoms with Crippen LogP contribution in [0, 0.1) is 24.6 Å². The van der Waals surface area contributed by atoms with E-state index >= 15 is 0 Å². The van der Waals surface area contributed by atoms with E-state index < -0.39 is 5.97 Å². The molecule has 110 valence electrons. The fraction of sp³-hybridized carbons (Fsp3) is 0.588. The van der Waals surface area contributed by atoms with Crippen molar-refractivity contribution in [2.75, 3.05) is 0 Å². The van der Waals surface area contributed by atoms with Crippen LogP contribution < -0.4 is 0 Å². The van der Waals surface area contributed by atoms with Crippen molar-refractivity contribution in [1.82, 2.24) is 0 Å². The lowest BCUT2D eigenvalue weighted by Crippen LogP contribution is -2.29. The molecule has 1 aliphatic carbocycles. The van der Waals surface area contributed by atoms with E-state index in [1.54, 1.807) is 6.07 Å². The van der Waals surface area contributed by atoms with Crippen LogP contribution in [0.3, 0.4) is 0 Å². The van der Waals surface area contributed by atoms with Crippen molar-refractivity contribution >= 4 is 5.97 Å². The quantitative estimate of drug-likeness (QED) is 0.879. The van der Waals surface area contributed by atoms with Gasteiger partial charge in [-0.15, -0.1) is 0 Å². The van der Waals surface area contributed by atoms with E-state index in [0.29, 0.717) is 5.92 Å². The van der Waals surface area contributed by atoms with Gasteiger partial charge in [-0.1, -0.05) is 25.8 Å². The highest BCUT2D eigenvalue weighted by atomic mass is 19.1. The van der Waals surface area contributed by atoms with Crippen LogP contribution in [0.25, 0.3) is 0 Å². The molecule has 1 aromatic rings. The van der Waals surface area contributed by atoms with Crippen molar-refractivity contribution in [3.05, 3.63) is 35.1 Å². The zero-order chi connectivity index (χ0) is 14.7. The fourth-order valence-corrected chi connectivity index (χ4v) is 3.62. The van der Waals surface area contributed by atoms with Gasteiger partial charge in [-0.2, -0.15) is 0 Å². The van der Waals surface area contributed by atoms with Crippen molar-refractivity contribution in [2.45, 2.75) is 51.9 Å². The van der Waals surface area contributed by atoms with Crippen molar-refractivity contribution in [3.8, 4) is 0 Å². The minimum absolute atomic E-state index is 0.0263. The average molecular weight is 278 g/mol. The molecule has 2 rings (SSSR count). The minimum atomic E-state index is -0.714. The van der Waals surface area contributed by atoms with Crippen molar-refractivity contribution < 1.29 is 14.3 Å². The Kier molecular flexibility index (Phi) is 4.79. The van der Waals surface area contributed by atoms with Crippen molar-refractivity contribution in [1.29, 1.82) is 0 Å². The summed E-state index contributed by atoms with van der Waals surface area (Å²) in [5, 5.41) is 9.46. The minimum Gasteiger partial charge on any atom is -0.481 e. The van der Waals surface area contributed by atoms with Gasteiger partial charge in [-0.05, 0) is 61.3 Å². The average Bonchev–Trinajstić information content (AvgIpc) is 2.38. The van der Waals surface area contributed by atoms with E-state index in [2.05, 4.69) is 6.92 Å². The number of halogens is 1. The highest BCUT2D eigenvalue weighted by Crippen LogP contribution is 2.43. The molecule has 3 atom stereocenters. The Morgan fingerprint density at radius 2 is 2.15 bits per heavy atom. The van der Waals surface area contributed by atoms with E-state index in [0.717, 1.165) is 43.2 Å². The molecule has 0 aliphatic heterocycles. The summed E-state index contributed by atoms with van der Waals surface area (Å²) in [4.78, 5) is 11.5. The molecule has 3 unspecified atom stereocenters. The summed E-state index contributed by atoms with van der Waals surface area (Å²) in [5.41, 5.74) is 1.89. The van der Waals surface area contributed by atoms with Gasteiger partial charge in [0.1, 0.15) is 5.82 Å². The number of aryl methyl sites for hydroxylation is 1. The third-order valence-corrected chi connectivity index (χ3v) is 4.60. The molecule has 0 aromatic heterocycles. The van der Waals surface area contributed by atoms with Gasteiger partial charge in [0.15, 0.2) is 0 Å². The van der Waals surface area contributed by atoms with Gasteiger partial charge in [0, 0.05) is 0 Å². The molecule has 1 N–H and O–H groups in total. The smallest absolute Gasteiger partial charge is 0.307 e. The largest absolute Gasteiger partial charge is 0.481 e. The fourth-order valence-electron chi connectivity index (χ4n) is 3.62. The van der Waals surface area contributed by atoms with Crippen LogP contribution in [-0.2, 0) is 4.79 Å². The van der Waals surface area contributed by atoms with E-state index in [9.17, 15) is 14.3 Å². The first kappa shape index (κ1) is 15.0. The third kappa shape index (κ3) is 3.20. The SMILES string of the molecule is CCCC1CCC(C(=O)O)C(c2ccc(F)cc2C)C1.